The molecule has 0 saturated heterocycles. The van der Waals surface area contributed by atoms with E-state index < -0.39 is 17.4 Å². The fraction of sp³-hybridized carbons (Fsp3) is 0.385. The Kier molecular flexibility index (Phi) is 3.22. The second-order valence-corrected chi connectivity index (χ2v) is 4.14. The van der Waals surface area contributed by atoms with Crippen molar-refractivity contribution in [2.75, 3.05) is 0 Å². The molecule has 90 valence electrons. The summed E-state index contributed by atoms with van der Waals surface area (Å²) in [6.45, 7) is -0.00137. The molecular formula is C13H13FO3. The van der Waals surface area contributed by atoms with Crippen LogP contribution in [0.2, 0.25) is 0 Å². The summed E-state index contributed by atoms with van der Waals surface area (Å²) in [6, 6.07) is 8.98. The number of esters is 1. The SMILES string of the molecule is O=C1CCC[C@]1(F)C(=O)OCc1ccccc1. The molecule has 0 unspecified atom stereocenters. The summed E-state index contributed by atoms with van der Waals surface area (Å²) in [6.07, 6.45) is 0.478. The fourth-order valence-corrected chi connectivity index (χ4v) is 1.88. The number of benzene rings is 1. The normalized spacial score (nSPS) is 23.7. The molecular weight excluding hydrogens is 223 g/mol. The molecule has 1 aliphatic carbocycles. The first-order chi connectivity index (χ1) is 8.13. The number of halogens is 1. The Labute approximate surface area is 98.6 Å². The Morgan fingerprint density at radius 3 is 2.65 bits per heavy atom. The molecule has 2 rings (SSSR count). The molecule has 1 atom stereocenters. The molecule has 4 heteroatoms. The van der Waals surface area contributed by atoms with Crippen LogP contribution in [0.5, 0.6) is 0 Å². The van der Waals surface area contributed by atoms with Gasteiger partial charge >= 0.3 is 5.97 Å². The molecule has 3 nitrogen and oxygen atoms in total. The first kappa shape index (κ1) is 11.8. The van der Waals surface area contributed by atoms with Crippen LogP contribution in [0, 0.1) is 0 Å². The summed E-state index contributed by atoms with van der Waals surface area (Å²) >= 11 is 0. The second kappa shape index (κ2) is 4.65. The van der Waals surface area contributed by atoms with E-state index in [1.807, 2.05) is 6.07 Å². The number of carbonyl (C=O) groups is 2. The van der Waals surface area contributed by atoms with Crippen LogP contribution in [-0.2, 0) is 20.9 Å². The van der Waals surface area contributed by atoms with E-state index in [4.69, 9.17) is 4.74 Å². The van der Waals surface area contributed by atoms with Gasteiger partial charge in [-0.05, 0) is 12.0 Å². The molecule has 0 aromatic heterocycles. The van der Waals surface area contributed by atoms with Gasteiger partial charge in [0.15, 0.2) is 5.78 Å². The second-order valence-electron chi connectivity index (χ2n) is 4.14. The highest BCUT2D eigenvalue weighted by Gasteiger charge is 2.50. The van der Waals surface area contributed by atoms with Crippen molar-refractivity contribution in [2.45, 2.75) is 31.5 Å². The predicted molar refractivity (Wildman–Crippen MR) is 58.9 cm³/mol. The largest absolute Gasteiger partial charge is 0.458 e. The Morgan fingerprint density at radius 1 is 1.35 bits per heavy atom. The zero-order chi connectivity index (χ0) is 12.3. The Balaban J connectivity index is 1.96. The van der Waals surface area contributed by atoms with Crippen molar-refractivity contribution in [3.05, 3.63) is 35.9 Å². The minimum Gasteiger partial charge on any atom is -0.458 e. The maximum absolute atomic E-state index is 14.0. The van der Waals surface area contributed by atoms with Crippen LogP contribution in [0.1, 0.15) is 24.8 Å². The highest BCUT2D eigenvalue weighted by molar-refractivity contribution is 6.08. The van der Waals surface area contributed by atoms with E-state index >= 15 is 0 Å². The van der Waals surface area contributed by atoms with Crippen LogP contribution in [0.25, 0.3) is 0 Å². The highest BCUT2D eigenvalue weighted by Crippen LogP contribution is 2.31. The average molecular weight is 236 g/mol. The maximum atomic E-state index is 14.0. The third kappa shape index (κ3) is 2.35. The molecule has 1 fully saturated rings. The molecule has 17 heavy (non-hydrogen) atoms. The number of alkyl halides is 1. The topological polar surface area (TPSA) is 43.4 Å². The van der Waals surface area contributed by atoms with Crippen molar-refractivity contribution in [1.29, 1.82) is 0 Å². The van der Waals surface area contributed by atoms with Crippen molar-refractivity contribution < 1.29 is 18.7 Å². The number of ketones is 1. The molecule has 1 aromatic rings. The maximum Gasteiger partial charge on any atom is 0.352 e. The van der Waals surface area contributed by atoms with Crippen molar-refractivity contribution >= 4 is 11.8 Å². The third-order valence-corrected chi connectivity index (χ3v) is 2.90. The minimum absolute atomic E-state index is 0.00137. The molecule has 0 heterocycles. The zero-order valence-corrected chi connectivity index (χ0v) is 9.32. The number of hydrogen-bond donors (Lipinski definition) is 0. The van der Waals surface area contributed by atoms with E-state index in [1.54, 1.807) is 24.3 Å². The Hall–Kier alpha value is -1.71. The lowest BCUT2D eigenvalue weighted by molar-refractivity contribution is -0.162. The van der Waals surface area contributed by atoms with Crippen LogP contribution in [0.4, 0.5) is 4.39 Å². The minimum atomic E-state index is -2.41. The van der Waals surface area contributed by atoms with Gasteiger partial charge in [0, 0.05) is 12.8 Å². The van der Waals surface area contributed by atoms with E-state index in [-0.39, 0.29) is 19.4 Å². The van der Waals surface area contributed by atoms with Crippen molar-refractivity contribution in [2.24, 2.45) is 0 Å². The molecule has 0 N–H and O–H groups in total. The molecule has 1 aliphatic rings. The van der Waals surface area contributed by atoms with Gasteiger partial charge in [0.25, 0.3) is 5.67 Å². The first-order valence-corrected chi connectivity index (χ1v) is 5.56. The van der Waals surface area contributed by atoms with Crippen LogP contribution in [-0.4, -0.2) is 17.4 Å². The molecule has 0 bridgehead atoms. The summed E-state index contributed by atoms with van der Waals surface area (Å²) < 4.78 is 18.8. The molecule has 1 saturated carbocycles. The number of rotatable bonds is 3. The lowest BCUT2D eigenvalue weighted by Gasteiger charge is -2.15. The highest BCUT2D eigenvalue weighted by atomic mass is 19.1. The van der Waals surface area contributed by atoms with E-state index in [0.717, 1.165) is 5.56 Å². The van der Waals surface area contributed by atoms with Gasteiger partial charge in [-0.3, -0.25) is 4.79 Å². The van der Waals surface area contributed by atoms with E-state index in [1.165, 1.54) is 0 Å². The van der Waals surface area contributed by atoms with E-state index in [0.29, 0.717) is 6.42 Å². The van der Waals surface area contributed by atoms with Gasteiger partial charge in [-0.1, -0.05) is 30.3 Å². The molecule has 0 radical (unpaired) electrons. The van der Waals surface area contributed by atoms with Gasteiger partial charge in [-0.25, -0.2) is 9.18 Å². The number of ether oxygens (including phenoxy) is 1. The summed E-state index contributed by atoms with van der Waals surface area (Å²) in [5.41, 5.74) is -1.63. The van der Waals surface area contributed by atoms with E-state index in [9.17, 15) is 14.0 Å². The van der Waals surface area contributed by atoms with Gasteiger partial charge in [0.05, 0.1) is 0 Å². The molecule has 1 aromatic carbocycles. The average Bonchev–Trinajstić information content (AvgIpc) is 2.69. The van der Waals surface area contributed by atoms with Crippen LogP contribution in [0.3, 0.4) is 0 Å². The summed E-state index contributed by atoms with van der Waals surface area (Å²) in [4.78, 5) is 22.8. The number of carbonyl (C=O) groups excluding carboxylic acids is 2. The van der Waals surface area contributed by atoms with Crippen molar-refractivity contribution in [1.82, 2.24) is 0 Å². The number of Topliss-reactive ketones (excluding diaryl/α,β-unsaturated/α-hetero) is 1. The number of hydrogen-bond acceptors (Lipinski definition) is 3. The summed E-state index contributed by atoms with van der Waals surface area (Å²) in [5, 5.41) is 0. The van der Waals surface area contributed by atoms with Gasteiger partial charge < -0.3 is 4.74 Å². The smallest absolute Gasteiger partial charge is 0.352 e. The van der Waals surface area contributed by atoms with E-state index in [2.05, 4.69) is 0 Å². The lowest BCUT2D eigenvalue weighted by atomic mass is 10.0. The Bertz CT molecular complexity index is 430. The lowest BCUT2D eigenvalue weighted by Crippen LogP contribution is -2.39. The van der Waals surface area contributed by atoms with Gasteiger partial charge in [0.1, 0.15) is 6.61 Å². The standard InChI is InChI=1S/C13H13FO3/c14-13(8-4-7-11(13)15)12(16)17-9-10-5-2-1-3-6-10/h1-3,5-6H,4,7-9H2/t13-/m1/s1. The predicted octanol–water partition coefficient (Wildman–Crippen LogP) is 2.19. The third-order valence-electron chi connectivity index (χ3n) is 2.90. The van der Waals surface area contributed by atoms with Gasteiger partial charge in [0.2, 0.25) is 0 Å². The quantitative estimate of drug-likeness (QED) is 0.597. The van der Waals surface area contributed by atoms with Crippen LogP contribution in [0.15, 0.2) is 30.3 Å². The molecule has 0 spiro atoms. The fourth-order valence-electron chi connectivity index (χ4n) is 1.88. The monoisotopic (exact) mass is 236 g/mol. The Morgan fingerprint density at radius 2 is 2.06 bits per heavy atom. The first-order valence-electron chi connectivity index (χ1n) is 5.56. The molecule has 0 amide bonds. The van der Waals surface area contributed by atoms with Gasteiger partial charge in [-0.15, -0.1) is 0 Å². The van der Waals surface area contributed by atoms with Crippen LogP contribution < -0.4 is 0 Å². The van der Waals surface area contributed by atoms with Crippen LogP contribution >= 0.6 is 0 Å². The zero-order valence-electron chi connectivity index (χ0n) is 9.32. The molecule has 0 aliphatic heterocycles. The van der Waals surface area contributed by atoms with Crippen molar-refractivity contribution in [3.63, 3.8) is 0 Å². The van der Waals surface area contributed by atoms with Gasteiger partial charge in [-0.2, -0.15) is 0 Å². The summed E-state index contributed by atoms with van der Waals surface area (Å²) in [5.74, 6) is -1.71. The van der Waals surface area contributed by atoms with Crippen molar-refractivity contribution in [3.8, 4) is 0 Å². The summed E-state index contributed by atoms with van der Waals surface area (Å²) in [7, 11) is 0.